The lowest BCUT2D eigenvalue weighted by Gasteiger charge is -2.21. The van der Waals surface area contributed by atoms with Gasteiger partial charge in [0, 0.05) is 24.7 Å². The molecule has 1 aromatic rings. The highest BCUT2D eigenvalue weighted by Gasteiger charge is 2.17. The van der Waals surface area contributed by atoms with Crippen LogP contribution in [0.15, 0.2) is 18.2 Å². The van der Waals surface area contributed by atoms with Crippen LogP contribution in [-0.2, 0) is 11.2 Å². The van der Waals surface area contributed by atoms with E-state index >= 15 is 0 Å². The number of hydrogen-bond donors (Lipinski definition) is 2. The van der Waals surface area contributed by atoms with Crippen molar-refractivity contribution >= 4 is 11.8 Å². The van der Waals surface area contributed by atoms with Gasteiger partial charge >= 0.3 is 6.09 Å². The number of hydrogen-bond acceptors (Lipinski definition) is 5. The van der Waals surface area contributed by atoms with Crippen molar-refractivity contribution < 1.29 is 14.5 Å². The number of nitro groups is 1. The van der Waals surface area contributed by atoms with Crippen LogP contribution in [-0.4, -0.2) is 29.2 Å². The molecular formula is C15H23N3O4. The molecule has 0 heterocycles. The summed E-state index contributed by atoms with van der Waals surface area (Å²) in [6.45, 7) is 7.43. The number of aryl methyl sites for hydroxylation is 1. The number of benzene rings is 1. The molecule has 0 aromatic heterocycles. The summed E-state index contributed by atoms with van der Waals surface area (Å²) < 4.78 is 5.12. The van der Waals surface area contributed by atoms with Gasteiger partial charge in [-0.1, -0.05) is 6.07 Å². The maximum Gasteiger partial charge on any atom is 0.407 e. The van der Waals surface area contributed by atoms with E-state index in [4.69, 9.17) is 10.5 Å². The van der Waals surface area contributed by atoms with Gasteiger partial charge in [-0.3, -0.25) is 10.1 Å². The van der Waals surface area contributed by atoms with Crippen molar-refractivity contribution in [3.05, 3.63) is 39.4 Å². The summed E-state index contributed by atoms with van der Waals surface area (Å²) in [6, 6.07) is 4.32. The highest BCUT2D eigenvalue weighted by atomic mass is 16.6. The maximum absolute atomic E-state index is 11.5. The number of nitrogens with one attached hydrogen (secondary N) is 1. The normalized spacial score (nSPS) is 12.6. The Balaban J connectivity index is 2.58. The van der Waals surface area contributed by atoms with E-state index < -0.39 is 16.6 Å². The summed E-state index contributed by atoms with van der Waals surface area (Å²) in [5, 5.41) is 13.4. The molecule has 0 aliphatic heterocycles. The van der Waals surface area contributed by atoms with Crippen LogP contribution in [0.2, 0.25) is 0 Å². The second kappa shape index (κ2) is 7.22. The average Bonchev–Trinajstić information content (AvgIpc) is 2.36. The van der Waals surface area contributed by atoms with Crippen LogP contribution in [0.25, 0.3) is 0 Å². The van der Waals surface area contributed by atoms with Crippen LogP contribution in [0, 0.1) is 17.0 Å². The molecule has 7 heteroatoms. The van der Waals surface area contributed by atoms with Crippen molar-refractivity contribution in [3.63, 3.8) is 0 Å². The molecule has 1 atom stereocenters. The lowest BCUT2D eigenvalue weighted by molar-refractivity contribution is -0.384. The van der Waals surface area contributed by atoms with Crippen molar-refractivity contribution in [3.8, 4) is 0 Å². The number of carbonyl (C=O) groups is 1. The summed E-state index contributed by atoms with van der Waals surface area (Å²) in [5.74, 6) is 0. The fourth-order valence-corrected chi connectivity index (χ4v) is 1.87. The van der Waals surface area contributed by atoms with E-state index in [0.717, 1.165) is 11.1 Å². The summed E-state index contributed by atoms with van der Waals surface area (Å²) in [7, 11) is 0. The molecule has 1 aromatic carbocycles. The molecule has 7 nitrogen and oxygen atoms in total. The average molecular weight is 309 g/mol. The molecule has 0 spiro atoms. The highest BCUT2D eigenvalue weighted by Crippen LogP contribution is 2.18. The maximum atomic E-state index is 11.5. The molecule has 3 N–H and O–H groups in total. The molecule has 0 aliphatic carbocycles. The number of nitro benzene ring substituents is 1. The Bertz CT molecular complexity index is 552. The van der Waals surface area contributed by atoms with E-state index in [-0.39, 0.29) is 18.3 Å². The first-order valence-corrected chi connectivity index (χ1v) is 7.05. The van der Waals surface area contributed by atoms with E-state index in [1.165, 1.54) is 12.1 Å². The number of ether oxygens (including phenoxy) is 1. The van der Waals surface area contributed by atoms with Gasteiger partial charge in [-0.05, 0) is 45.2 Å². The first-order valence-electron chi connectivity index (χ1n) is 7.05. The number of nitrogens with zero attached hydrogens (tertiary/aromatic N) is 1. The van der Waals surface area contributed by atoms with Gasteiger partial charge in [0.05, 0.1) is 4.92 Å². The van der Waals surface area contributed by atoms with Crippen molar-refractivity contribution in [2.45, 2.75) is 45.8 Å². The molecule has 0 saturated carbocycles. The van der Waals surface area contributed by atoms with E-state index in [2.05, 4.69) is 5.32 Å². The lowest BCUT2D eigenvalue weighted by atomic mass is 10.0. The minimum Gasteiger partial charge on any atom is -0.444 e. The van der Waals surface area contributed by atoms with Crippen molar-refractivity contribution in [1.29, 1.82) is 0 Å². The van der Waals surface area contributed by atoms with Gasteiger partial charge in [0.2, 0.25) is 0 Å². The standard InChI is InChI=1S/C15H23N3O4/c1-10-5-6-13(18(20)21)8-11(10)7-12(16)9-17-14(19)22-15(2,3)4/h5-6,8,12H,7,9,16H2,1-4H3,(H,17,19). The molecule has 22 heavy (non-hydrogen) atoms. The largest absolute Gasteiger partial charge is 0.444 e. The molecule has 0 fully saturated rings. The second-order valence-corrected chi connectivity index (χ2v) is 6.21. The predicted molar refractivity (Wildman–Crippen MR) is 83.7 cm³/mol. The summed E-state index contributed by atoms with van der Waals surface area (Å²) in [6.07, 6.45) is -0.0951. The van der Waals surface area contributed by atoms with Crippen LogP contribution in [0.5, 0.6) is 0 Å². The van der Waals surface area contributed by atoms with Crippen molar-refractivity contribution in [2.75, 3.05) is 6.54 Å². The van der Waals surface area contributed by atoms with Crippen LogP contribution in [0.3, 0.4) is 0 Å². The zero-order valence-corrected chi connectivity index (χ0v) is 13.4. The topological polar surface area (TPSA) is 107 Å². The van der Waals surface area contributed by atoms with Crippen LogP contribution >= 0.6 is 0 Å². The Hall–Kier alpha value is -2.15. The van der Waals surface area contributed by atoms with Crippen LogP contribution in [0.1, 0.15) is 31.9 Å². The third kappa shape index (κ3) is 6.09. The second-order valence-electron chi connectivity index (χ2n) is 6.21. The quantitative estimate of drug-likeness (QED) is 0.641. The number of non-ortho nitro benzene ring substituents is 1. The zero-order chi connectivity index (χ0) is 16.9. The van der Waals surface area contributed by atoms with Gasteiger partial charge in [-0.15, -0.1) is 0 Å². The molecule has 0 aliphatic rings. The van der Waals surface area contributed by atoms with Gasteiger partial charge in [0.1, 0.15) is 5.60 Å². The minimum absolute atomic E-state index is 0.0351. The third-order valence-corrected chi connectivity index (χ3v) is 2.93. The molecule has 1 unspecified atom stereocenters. The number of rotatable bonds is 5. The van der Waals surface area contributed by atoms with Gasteiger partial charge < -0.3 is 15.8 Å². The fraction of sp³-hybridized carbons (Fsp3) is 0.533. The SMILES string of the molecule is Cc1ccc([N+](=O)[O-])cc1CC(N)CNC(=O)OC(C)(C)C. The third-order valence-electron chi connectivity index (χ3n) is 2.93. The molecule has 0 radical (unpaired) electrons. The fourth-order valence-electron chi connectivity index (χ4n) is 1.87. The number of amides is 1. The summed E-state index contributed by atoms with van der Waals surface area (Å²) >= 11 is 0. The predicted octanol–water partition coefficient (Wildman–Crippen LogP) is 2.30. The number of carbonyl (C=O) groups excluding carboxylic acids is 1. The summed E-state index contributed by atoms with van der Waals surface area (Å²) in [4.78, 5) is 21.9. The van der Waals surface area contributed by atoms with Gasteiger partial charge in [0.25, 0.3) is 5.69 Å². The Morgan fingerprint density at radius 3 is 2.64 bits per heavy atom. The Morgan fingerprint density at radius 1 is 1.45 bits per heavy atom. The van der Waals surface area contributed by atoms with E-state index in [1.54, 1.807) is 26.8 Å². The Kier molecular flexibility index (Phi) is 5.87. The van der Waals surface area contributed by atoms with E-state index in [9.17, 15) is 14.9 Å². The zero-order valence-electron chi connectivity index (χ0n) is 13.4. The molecule has 1 amide bonds. The molecular weight excluding hydrogens is 286 g/mol. The Labute approximate surface area is 130 Å². The molecule has 122 valence electrons. The van der Waals surface area contributed by atoms with Gasteiger partial charge in [-0.2, -0.15) is 0 Å². The minimum atomic E-state index is -0.565. The van der Waals surface area contributed by atoms with Crippen LogP contribution < -0.4 is 11.1 Å². The molecule has 1 rings (SSSR count). The van der Waals surface area contributed by atoms with Gasteiger partial charge in [-0.25, -0.2) is 4.79 Å². The Morgan fingerprint density at radius 2 is 2.09 bits per heavy atom. The van der Waals surface area contributed by atoms with Crippen molar-refractivity contribution in [1.82, 2.24) is 5.32 Å². The smallest absolute Gasteiger partial charge is 0.407 e. The van der Waals surface area contributed by atoms with Gasteiger partial charge in [0.15, 0.2) is 0 Å². The number of nitrogens with two attached hydrogens (primary N) is 1. The molecule has 0 bridgehead atoms. The monoisotopic (exact) mass is 309 g/mol. The highest BCUT2D eigenvalue weighted by molar-refractivity contribution is 5.67. The first kappa shape index (κ1) is 17.9. The van der Waals surface area contributed by atoms with Crippen LogP contribution in [0.4, 0.5) is 10.5 Å². The van der Waals surface area contributed by atoms with E-state index in [0.29, 0.717) is 6.42 Å². The lowest BCUT2D eigenvalue weighted by Crippen LogP contribution is -2.41. The number of alkyl carbamates (subject to hydrolysis) is 1. The molecule has 0 saturated heterocycles. The first-order chi connectivity index (χ1) is 10.1. The van der Waals surface area contributed by atoms with Crippen molar-refractivity contribution in [2.24, 2.45) is 5.73 Å². The van der Waals surface area contributed by atoms with E-state index in [1.807, 2.05) is 6.92 Å². The summed E-state index contributed by atoms with van der Waals surface area (Å²) in [5.41, 5.74) is 7.17.